The summed E-state index contributed by atoms with van der Waals surface area (Å²) >= 11 is 3.37. The lowest BCUT2D eigenvalue weighted by Crippen LogP contribution is -2.49. The van der Waals surface area contributed by atoms with Crippen molar-refractivity contribution in [3.05, 3.63) is 88.4 Å². The van der Waals surface area contributed by atoms with Crippen LogP contribution in [0.5, 0.6) is 11.5 Å². The molecule has 0 aliphatic carbocycles. The minimum Gasteiger partial charge on any atom is -0.493 e. The van der Waals surface area contributed by atoms with Crippen LogP contribution in [0.3, 0.4) is 0 Å². The Hall–Kier alpha value is -3.52. The molecule has 3 aromatic rings. The molecule has 3 N–H and O–H groups in total. The first-order valence-electron chi connectivity index (χ1n) is 10.8. The molecule has 1 unspecified atom stereocenters. The number of halogens is 1. The Morgan fingerprint density at radius 3 is 2.26 bits per heavy atom. The van der Waals surface area contributed by atoms with Crippen LogP contribution in [0.15, 0.2) is 77.3 Å². The molecule has 0 saturated heterocycles. The summed E-state index contributed by atoms with van der Waals surface area (Å²) in [5, 5.41) is 8.50. The van der Waals surface area contributed by atoms with Crippen LogP contribution in [-0.2, 0) is 17.6 Å². The van der Waals surface area contributed by atoms with Gasteiger partial charge in [-0.05, 0) is 53.9 Å². The lowest BCUT2D eigenvalue weighted by molar-refractivity contribution is -0.122. The molecule has 0 spiro atoms. The second-order valence-corrected chi connectivity index (χ2v) is 8.49. The van der Waals surface area contributed by atoms with Gasteiger partial charge < -0.3 is 25.4 Å². The minimum atomic E-state index is -0.733. The predicted molar refractivity (Wildman–Crippen MR) is 136 cm³/mol. The van der Waals surface area contributed by atoms with E-state index in [0.717, 1.165) is 15.6 Å². The number of methoxy groups -OCH3 is 2. The smallest absolute Gasteiger partial charge is 0.319 e. The van der Waals surface area contributed by atoms with Crippen molar-refractivity contribution in [1.29, 1.82) is 0 Å². The molecule has 3 rings (SSSR count). The van der Waals surface area contributed by atoms with Crippen molar-refractivity contribution in [2.45, 2.75) is 18.9 Å². The van der Waals surface area contributed by atoms with Crippen LogP contribution >= 0.6 is 15.9 Å². The Bertz CT molecular complexity index is 1090. The fourth-order valence-electron chi connectivity index (χ4n) is 3.41. The summed E-state index contributed by atoms with van der Waals surface area (Å²) in [5.74, 6) is 1.04. The van der Waals surface area contributed by atoms with Gasteiger partial charge in [-0.25, -0.2) is 4.79 Å². The van der Waals surface area contributed by atoms with Gasteiger partial charge in [0, 0.05) is 23.1 Å². The minimum absolute atomic E-state index is 0.254. The van der Waals surface area contributed by atoms with E-state index >= 15 is 0 Å². The normalized spacial score (nSPS) is 11.3. The highest BCUT2D eigenvalue weighted by molar-refractivity contribution is 9.10. The van der Waals surface area contributed by atoms with Crippen molar-refractivity contribution >= 4 is 33.6 Å². The van der Waals surface area contributed by atoms with Gasteiger partial charge in [-0.3, -0.25) is 4.79 Å². The van der Waals surface area contributed by atoms with E-state index in [9.17, 15) is 9.59 Å². The summed E-state index contributed by atoms with van der Waals surface area (Å²) in [6, 6.07) is 21.3. The second-order valence-electron chi connectivity index (χ2n) is 7.58. The summed E-state index contributed by atoms with van der Waals surface area (Å²) < 4.78 is 11.5. The maximum atomic E-state index is 13.0. The molecular weight excluding hydrogens is 498 g/mol. The van der Waals surface area contributed by atoms with Crippen LogP contribution in [0.25, 0.3) is 0 Å². The molecule has 0 radical (unpaired) electrons. The average molecular weight is 526 g/mol. The second kappa shape index (κ2) is 12.6. The number of ether oxygens (including phenoxy) is 2. The zero-order chi connectivity index (χ0) is 24.3. The van der Waals surface area contributed by atoms with Gasteiger partial charge >= 0.3 is 6.03 Å². The Kier molecular flexibility index (Phi) is 9.34. The van der Waals surface area contributed by atoms with Crippen LogP contribution in [-0.4, -0.2) is 38.7 Å². The number of hydrogen-bond donors (Lipinski definition) is 3. The molecule has 3 amide bonds. The molecule has 0 fully saturated rings. The fraction of sp³-hybridized carbons (Fsp3) is 0.231. The van der Waals surface area contributed by atoms with Crippen LogP contribution in [0.1, 0.15) is 11.1 Å². The largest absolute Gasteiger partial charge is 0.493 e. The van der Waals surface area contributed by atoms with E-state index in [1.165, 1.54) is 0 Å². The molecule has 7 nitrogen and oxygen atoms in total. The lowest BCUT2D eigenvalue weighted by atomic mass is 10.1. The lowest BCUT2D eigenvalue weighted by Gasteiger charge is -2.19. The number of urea groups is 1. The Morgan fingerprint density at radius 2 is 1.59 bits per heavy atom. The molecule has 0 saturated carbocycles. The number of carbonyl (C=O) groups is 2. The van der Waals surface area contributed by atoms with Crippen LogP contribution in [0, 0.1) is 0 Å². The number of anilines is 1. The number of hydrogen-bond acceptors (Lipinski definition) is 4. The van der Waals surface area contributed by atoms with Crippen LogP contribution in [0.4, 0.5) is 10.5 Å². The molecule has 0 heterocycles. The van der Waals surface area contributed by atoms with Crippen molar-refractivity contribution in [1.82, 2.24) is 10.6 Å². The van der Waals surface area contributed by atoms with Gasteiger partial charge in [0.25, 0.3) is 0 Å². The molecule has 8 heteroatoms. The van der Waals surface area contributed by atoms with Crippen molar-refractivity contribution in [3.63, 3.8) is 0 Å². The number of amides is 3. The molecule has 3 aromatic carbocycles. The number of benzene rings is 3. The molecule has 34 heavy (non-hydrogen) atoms. The van der Waals surface area contributed by atoms with Gasteiger partial charge in [0.15, 0.2) is 11.5 Å². The third-order valence-electron chi connectivity index (χ3n) is 5.17. The Morgan fingerprint density at radius 1 is 0.882 bits per heavy atom. The van der Waals surface area contributed by atoms with Gasteiger partial charge in [-0.1, -0.05) is 52.3 Å². The maximum Gasteiger partial charge on any atom is 0.319 e. The quantitative estimate of drug-likeness (QED) is 0.362. The Balaban J connectivity index is 1.62. The topological polar surface area (TPSA) is 88.7 Å². The van der Waals surface area contributed by atoms with Gasteiger partial charge in [0.1, 0.15) is 6.04 Å². The third-order valence-corrected chi connectivity index (χ3v) is 5.70. The number of carbonyl (C=O) groups excluding carboxylic acids is 2. The monoisotopic (exact) mass is 525 g/mol. The summed E-state index contributed by atoms with van der Waals surface area (Å²) in [6.07, 6.45) is 0.978. The summed E-state index contributed by atoms with van der Waals surface area (Å²) in [7, 11) is 3.17. The van der Waals surface area contributed by atoms with E-state index in [0.29, 0.717) is 36.6 Å². The highest BCUT2D eigenvalue weighted by Gasteiger charge is 2.21. The third kappa shape index (κ3) is 7.52. The summed E-state index contributed by atoms with van der Waals surface area (Å²) in [5.41, 5.74) is 2.58. The maximum absolute atomic E-state index is 13.0. The fourth-order valence-corrected chi connectivity index (χ4v) is 3.67. The predicted octanol–water partition coefficient (Wildman–Crippen LogP) is 4.56. The first-order chi connectivity index (χ1) is 16.5. The van der Waals surface area contributed by atoms with Crippen molar-refractivity contribution in [2.75, 3.05) is 26.1 Å². The van der Waals surface area contributed by atoms with Crippen molar-refractivity contribution < 1.29 is 19.1 Å². The molecule has 1 atom stereocenters. The molecule has 0 aliphatic rings. The SMILES string of the molecule is COc1ccc(CCNC(=O)C(Cc2ccccc2)NC(=O)Nc2ccc(Br)cc2)cc1OC. The van der Waals surface area contributed by atoms with E-state index in [2.05, 4.69) is 31.9 Å². The molecule has 0 aromatic heterocycles. The molecule has 178 valence electrons. The Labute approximate surface area is 208 Å². The number of rotatable bonds is 10. The van der Waals surface area contributed by atoms with E-state index in [1.54, 1.807) is 26.4 Å². The molecule has 0 bridgehead atoms. The standard InChI is InChI=1S/C26H28BrN3O4/c1-33-23-13-8-19(17-24(23)34-2)14-15-28-25(31)22(16-18-6-4-3-5-7-18)30-26(32)29-21-11-9-20(27)10-12-21/h3-13,17,22H,14-16H2,1-2H3,(H,28,31)(H2,29,30,32). The first kappa shape index (κ1) is 25.1. The van der Waals surface area contributed by atoms with Gasteiger partial charge in [0.05, 0.1) is 14.2 Å². The van der Waals surface area contributed by atoms with Crippen LogP contribution in [0.2, 0.25) is 0 Å². The highest BCUT2D eigenvalue weighted by atomic mass is 79.9. The average Bonchev–Trinajstić information content (AvgIpc) is 2.85. The van der Waals surface area contributed by atoms with Crippen molar-refractivity contribution in [3.8, 4) is 11.5 Å². The molecule has 0 aliphatic heterocycles. The van der Waals surface area contributed by atoms with E-state index in [1.807, 2.05) is 60.7 Å². The molecular formula is C26H28BrN3O4. The zero-order valence-electron chi connectivity index (χ0n) is 19.1. The van der Waals surface area contributed by atoms with Gasteiger partial charge in [-0.2, -0.15) is 0 Å². The van der Waals surface area contributed by atoms with E-state index in [-0.39, 0.29) is 5.91 Å². The first-order valence-corrected chi connectivity index (χ1v) is 11.6. The van der Waals surface area contributed by atoms with Gasteiger partial charge in [-0.15, -0.1) is 0 Å². The van der Waals surface area contributed by atoms with Crippen molar-refractivity contribution in [2.24, 2.45) is 0 Å². The highest BCUT2D eigenvalue weighted by Crippen LogP contribution is 2.27. The van der Waals surface area contributed by atoms with Crippen LogP contribution < -0.4 is 25.4 Å². The number of nitrogens with one attached hydrogen (secondary N) is 3. The summed E-state index contributed by atoms with van der Waals surface area (Å²) in [4.78, 5) is 25.6. The summed E-state index contributed by atoms with van der Waals surface area (Å²) in [6.45, 7) is 0.412. The van der Waals surface area contributed by atoms with Gasteiger partial charge in [0.2, 0.25) is 5.91 Å². The zero-order valence-corrected chi connectivity index (χ0v) is 20.7. The van der Waals surface area contributed by atoms with E-state index in [4.69, 9.17) is 9.47 Å². The van der Waals surface area contributed by atoms with E-state index < -0.39 is 12.1 Å².